The highest BCUT2D eigenvalue weighted by atomic mass is 79.9. The Morgan fingerprint density at radius 1 is 1.45 bits per heavy atom. The number of aryl methyl sites for hydroxylation is 1. The number of hydrogen-bond donors (Lipinski definition) is 0. The Morgan fingerprint density at radius 2 is 2.20 bits per heavy atom. The van der Waals surface area contributed by atoms with Crippen molar-refractivity contribution in [1.29, 1.82) is 5.26 Å². The molecule has 0 amide bonds. The van der Waals surface area contributed by atoms with Crippen LogP contribution in [0, 0.1) is 11.3 Å². The van der Waals surface area contributed by atoms with Gasteiger partial charge < -0.3 is 9.30 Å². The van der Waals surface area contributed by atoms with Crippen LogP contribution in [0.3, 0.4) is 0 Å². The monoisotopic (exact) mass is 333 g/mol. The van der Waals surface area contributed by atoms with Crippen LogP contribution in [0.5, 0.6) is 5.75 Å². The number of ether oxygens (including phenoxy) is 1. The van der Waals surface area contributed by atoms with Gasteiger partial charge in [0, 0.05) is 12.6 Å². The summed E-state index contributed by atoms with van der Waals surface area (Å²) in [5, 5.41) is 8.83. The number of halogens is 1. The molecule has 4 nitrogen and oxygen atoms in total. The zero-order valence-corrected chi connectivity index (χ0v) is 13.4. The number of hydrogen-bond acceptors (Lipinski definition) is 3. The fraction of sp³-hybridized carbons (Fsp3) is 0.333. The summed E-state index contributed by atoms with van der Waals surface area (Å²) < 4.78 is 8.15. The molecule has 0 aliphatic rings. The van der Waals surface area contributed by atoms with Crippen molar-refractivity contribution in [2.24, 2.45) is 7.05 Å². The fourth-order valence-corrected chi connectivity index (χ4v) is 2.57. The highest BCUT2D eigenvalue weighted by Gasteiger charge is 2.15. The molecule has 20 heavy (non-hydrogen) atoms. The first kappa shape index (κ1) is 14.6. The molecule has 0 atom stereocenters. The lowest BCUT2D eigenvalue weighted by atomic mass is 10.1. The molecule has 0 spiro atoms. The van der Waals surface area contributed by atoms with E-state index in [9.17, 15) is 0 Å². The molecule has 2 rings (SSSR count). The van der Waals surface area contributed by atoms with Crippen molar-refractivity contribution in [2.45, 2.75) is 19.8 Å². The molecular formula is C15H16BrN3O. The van der Waals surface area contributed by atoms with Crippen molar-refractivity contribution in [3.05, 3.63) is 34.1 Å². The van der Waals surface area contributed by atoms with Crippen LogP contribution in [-0.4, -0.2) is 16.7 Å². The summed E-state index contributed by atoms with van der Waals surface area (Å²) in [4.78, 5) is 4.55. The molecule has 0 N–H and O–H groups in total. The normalized spacial score (nSPS) is 10.3. The van der Waals surface area contributed by atoms with E-state index in [1.165, 1.54) is 0 Å². The molecule has 1 heterocycles. The van der Waals surface area contributed by atoms with E-state index in [4.69, 9.17) is 10.00 Å². The van der Waals surface area contributed by atoms with E-state index in [-0.39, 0.29) is 0 Å². The number of rotatable bonds is 4. The van der Waals surface area contributed by atoms with E-state index in [2.05, 4.69) is 40.0 Å². The van der Waals surface area contributed by atoms with Crippen molar-refractivity contribution in [3.63, 3.8) is 0 Å². The first-order chi connectivity index (χ1) is 9.62. The summed E-state index contributed by atoms with van der Waals surface area (Å²) >= 11 is 3.49. The molecular weight excluding hydrogens is 318 g/mol. The number of nitrogens with zero attached hydrogens (tertiary/aromatic N) is 3. The van der Waals surface area contributed by atoms with Crippen LogP contribution in [0.25, 0.3) is 11.4 Å². The van der Waals surface area contributed by atoms with Gasteiger partial charge in [-0.05, 0) is 46.1 Å². The third-order valence-electron chi connectivity index (χ3n) is 3.26. The van der Waals surface area contributed by atoms with E-state index in [1.54, 1.807) is 7.11 Å². The molecule has 1 aromatic heterocycles. The Bertz CT molecular complexity index is 670. The van der Waals surface area contributed by atoms with E-state index < -0.39 is 0 Å². The Labute approximate surface area is 127 Å². The molecule has 0 fully saturated rings. The number of aromatic nitrogens is 2. The topological polar surface area (TPSA) is 50.8 Å². The minimum atomic E-state index is 0.297. The first-order valence-corrected chi connectivity index (χ1v) is 7.17. The second-order valence-electron chi connectivity index (χ2n) is 4.45. The molecule has 0 bridgehead atoms. The summed E-state index contributed by atoms with van der Waals surface area (Å²) in [6.07, 6.45) is 1.19. The Morgan fingerprint density at radius 3 is 2.80 bits per heavy atom. The van der Waals surface area contributed by atoms with E-state index in [1.807, 2.05) is 23.7 Å². The fourth-order valence-electron chi connectivity index (χ4n) is 2.18. The summed E-state index contributed by atoms with van der Waals surface area (Å²) in [5.41, 5.74) is 2.93. The maximum Gasteiger partial charge on any atom is 0.140 e. The second kappa shape index (κ2) is 6.10. The average Bonchev–Trinajstić information content (AvgIpc) is 2.75. The zero-order valence-electron chi connectivity index (χ0n) is 11.8. The average molecular weight is 334 g/mol. The molecule has 1 aromatic carbocycles. The predicted molar refractivity (Wildman–Crippen MR) is 81.6 cm³/mol. The maximum absolute atomic E-state index is 8.83. The summed E-state index contributed by atoms with van der Waals surface area (Å²) in [7, 11) is 3.61. The van der Waals surface area contributed by atoms with Crippen molar-refractivity contribution >= 4 is 15.9 Å². The molecule has 0 radical (unpaired) electrons. The van der Waals surface area contributed by atoms with Crippen LogP contribution in [0.15, 0.2) is 22.8 Å². The highest BCUT2D eigenvalue weighted by molar-refractivity contribution is 9.10. The summed E-state index contributed by atoms with van der Waals surface area (Å²) in [6, 6.07) is 8.17. The van der Waals surface area contributed by atoms with Crippen LogP contribution >= 0.6 is 15.9 Å². The van der Waals surface area contributed by atoms with Gasteiger partial charge in [-0.3, -0.25) is 0 Å². The number of nitriles is 1. The standard InChI is InChI=1S/C15H16BrN3O/c1-4-10-9-11(5-6-13(10)20-3)15-18-12(7-8-17)14(16)19(15)2/h5-6,9H,4,7H2,1-3H3. The van der Waals surface area contributed by atoms with E-state index in [0.29, 0.717) is 6.42 Å². The number of imidazole rings is 1. The molecule has 0 saturated carbocycles. The highest BCUT2D eigenvalue weighted by Crippen LogP contribution is 2.29. The summed E-state index contributed by atoms with van der Waals surface area (Å²) in [6.45, 7) is 2.09. The molecule has 5 heteroatoms. The van der Waals surface area contributed by atoms with Crippen LogP contribution in [0.4, 0.5) is 0 Å². The van der Waals surface area contributed by atoms with Crippen molar-refractivity contribution in [1.82, 2.24) is 9.55 Å². The van der Waals surface area contributed by atoms with Crippen LogP contribution in [0.2, 0.25) is 0 Å². The third kappa shape index (κ3) is 2.56. The van der Waals surface area contributed by atoms with Gasteiger partial charge in [-0.25, -0.2) is 4.98 Å². The maximum atomic E-state index is 8.83. The zero-order chi connectivity index (χ0) is 14.7. The predicted octanol–water partition coefficient (Wildman–Crippen LogP) is 3.49. The van der Waals surface area contributed by atoms with Crippen molar-refractivity contribution in [3.8, 4) is 23.2 Å². The van der Waals surface area contributed by atoms with Crippen LogP contribution in [-0.2, 0) is 19.9 Å². The van der Waals surface area contributed by atoms with Gasteiger partial charge in [0.2, 0.25) is 0 Å². The van der Waals surface area contributed by atoms with Gasteiger partial charge >= 0.3 is 0 Å². The minimum Gasteiger partial charge on any atom is -0.496 e. The molecule has 0 saturated heterocycles. The number of methoxy groups -OCH3 is 1. The lowest BCUT2D eigenvalue weighted by Gasteiger charge is -2.09. The van der Waals surface area contributed by atoms with Gasteiger partial charge in [0.1, 0.15) is 16.2 Å². The quantitative estimate of drug-likeness (QED) is 0.860. The van der Waals surface area contributed by atoms with Crippen LogP contribution < -0.4 is 4.74 Å². The smallest absolute Gasteiger partial charge is 0.140 e. The Kier molecular flexibility index (Phi) is 4.46. The van der Waals surface area contributed by atoms with E-state index >= 15 is 0 Å². The molecule has 0 unspecified atom stereocenters. The minimum absolute atomic E-state index is 0.297. The summed E-state index contributed by atoms with van der Waals surface area (Å²) in [5.74, 6) is 1.74. The first-order valence-electron chi connectivity index (χ1n) is 6.37. The third-order valence-corrected chi connectivity index (χ3v) is 4.25. The van der Waals surface area contributed by atoms with Crippen molar-refractivity contribution in [2.75, 3.05) is 7.11 Å². The largest absolute Gasteiger partial charge is 0.496 e. The van der Waals surface area contributed by atoms with Gasteiger partial charge in [-0.1, -0.05) is 6.92 Å². The molecule has 0 aliphatic carbocycles. The molecule has 2 aromatic rings. The molecule has 104 valence electrons. The van der Waals surface area contributed by atoms with Gasteiger partial charge in [-0.2, -0.15) is 5.26 Å². The van der Waals surface area contributed by atoms with Crippen LogP contribution in [0.1, 0.15) is 18.2 Å². The Hall–Kier alpha value is -1.80. The van der Waals surface area contributed by atoms with Gasteiger partial charge in [0.15, 0.2) is 0 Å². The second-order valence-corrected chi connectivity index (χ2v) is 5.20. The lowest BCUT2D eigenvalue weighted by molar-refractivity contribution is 0.410. The molecule has 0 aliphatic heterocycles. The van der Waals surface area contributed by atoms with Gasteiger partial charge in [-0.15, -0.1) is 0 Å². The van der Waals surface area contributed by atoms with Gasteiger partial charge in [0.05, 0.1) is 25.3 Å². The lowest BCUT2D eigenvalue weighted by Crippen LogP contribution is -1.95. The SMILES string of the molecule is CCc1cc(-c2nc(CC#N)c(Br)n2C)ccc1OC. The number of benzene rings is 1. The van der Waals surface area contributed by atoms with E-state index in [0.717, 1.165) is 39.4 Å². The van der Waals surface area contributed by atoms with Crippen molar-refractivity contribution < 1.29 is 4.74 Å². The Balaban J connectivity index is 2.52. The van der Waals surface area contributed by atoms with Gasteiger partial charge in [0.25, 0.3) is 0 Å².